The molecule has 0 aliphatic heterocycles. The molecule has 0 aromatic carbocycles. The van der Waals surface area contributed by atoms with Gasteiger partial charge in [-0.15, -0.1) is 57.9 Å². The molecule has 0 nitrogen and oxygen atoms in total. The van der Waals surface area contributed by atoms with Gasteiger partial charge in [0.15, 0.2) is 0 Å². The Balaban J connectivity index is -0.000000218. The maximum absolute atomic E-state index is 3.54. The summed E-state index contributed by atoms with van der Waals surface area (Å²) in [5.74, 6) is 0. The van der Waals surface area contributed by atoms with E-state index in [2.05, 4.69) is 58.7 Å². The molecular formula is C19H25Cl2Zr-3. The van der Waals surface area contributed by atoms with Crippen molar-refractivity contribution >= 4 is 33.2 Å². The van der Waals surface area contributed by atoms with Gasteiger partial charge in [-0.05, 0) is 0 Å². The second kappa shape index (κ2) is 20.6. The Hall–Kier alpha value is -0.357. The quantitative estimate of drug-likeness (QED) is 0.460. The molecule has 3 rings (SSSR count). The summed E-state index contributed by atoms with van der Waals surface area (Å²) in [6.07, 6.45) is 26.5. The number of rotatable bonds is 0. The standard InChI is InChI=1S/2C6H7.C5H5.2CH2.2ClH.Zr/c2*1-6-4-2-3-5-6;1-2-4-5-3-1;;;;;/h2*4-5H,2H2,1H3;1-3H,4H2;2*1H2;2*1H;/q3*-1;;;;;. The van der Waals surface area contributed by atoms with E-state index < -0.39 is 0 Å². The molecule has 0 N–H and O–H groups in total. The topological polar surface area (TPSA) is 0 Å². The van der Waals surface area contributed by atoms with E-state index in [1.54, 1.807) is 0 Å². The molecule has 0 amide bonds. The van der Waals surface area contributed by atoms with Gasteiger partial charge in [-0.3, -0.25) is 18.2 Å². The summed E-state index contributed by atoms with van der Waals surface area (Å²) in [4.78, 5) is 0. The van der Waals surface area contributed by atoms with Gasteiger partial charge >= 0.3 is 30.7 Å². The van der Waals surface area contributed by atoms with Gasteiger partial charge < -0.3 is 0 Å². The molecule has 0 fully saturated rings. The number of allylic oxidation sites excluding steroid dienone is 12. The fourth-order valence-corrected chi connectivity index (χ4v) is 1.34. The number of halogens is 2. The van der Waals surface area contributed by atoms with Gasteiger partial charge in [0.1, 0.15) is 0 Å². The van der Waals surface area contributed by atoms with Crippen LogP contribution >= 0.6 is 24.8 Å². The Morgan fingerprint density at radius 3 is 1.41 bits per heavy atom. The normalized spacial score (nSPS) is 14.5. The molecule has 0 radical (unpaired) electrons. The van der Waals surface area contributed by atoms with Crippen LogP contribution in [0.5, 0.6) is 0 Å². The fourth-order valence-electron chi connectivity index (χ4n) is 1.34. The van der Waals surface area contributed by atoms with Crippen LogP contribution in [-0.2, 0) is 22.3 Å². The summed E-state index contributed by atoms with van der Waals surface area (Å²) < 4.78 is 7.09. The first-order valence-electron chi connectivity index (χ1n) is 6.68. The summed E-state index contributed by atoms with van der Waals surface area (Å²) in [5, 5.41) is 0. The second-order valence-electron chi connectivity index (χ2n) is 4.25. The zero-order valence-electron chi connectivity index (χ0n) is 13.4. The molecule has 0 atom stereocenters. The predicted molar refractivity (Wildman–Crippen MR) is 103 cm³/mol. The molecule has 0 aromatic rings. The van der Waals surface area contributed by atoms with Crippen molar-refractivity contribution in [1.29, 1.82) is 0 Å². The molecule has 0 saturated heterocycles. The second-order valence-corrected chi connectivity index (χ2v) is 5.48. The molecule has 0 aromatic heterocycles. The summed E-state index contributed by atoms with van der Waals surface area (Å²) in [5.41, 5.74) is 2.69. The van der Waals surface area contributed by atoms with Crippen molar-refractivity contribution in [3.05, 3.63) is 71.9 Å². The van der Waals surface area contributed by atoms with Gasteiger partial charge in [-0.2, -0.15) is 18.2 Å². The third kappa shape index (κ3) is 19.6. The van der Waals surface area contributed by atoms with E-state index in [1.165, 1.54) is 11.1 Å². The number of hydrogen-bond acceptors (Lipinski definition) is 0. The van der Waals surface area contributed by atoms with E-state index in [4.69, 9.17) is 0 Å². The van der Waals surface area contributed by atoms with Crippen LogP contribution in [0.4, 0.5) is 0 Å². The molecule has 3 heteroatoms. The van der Waals surface area contributed by atoms with Crippen molar-refractivity contribution in [3.8, 4) is 0 Å². The first-order chi connectivity index (χ1) is 9.70. The first-order valence-corrected chi connectivity index (χ1v) is 10.2. The molecule has 0 heterocycles. The molecule has 0 bridgehead atoms. The van der Waals surface area contributed by atoms with Crippen molar-refractivity contribution in [3.63, 3.8) is 0 Å². The van der Waals surface area contributed by atoms with Crippen molar-refractivity contribution < 1.29 is 22.3 Å². The molecule has 22 heavy (non-hydrogen) atoms. The van der Waals surface area contributed by atoms with E-state index in [1.807, 2.05) is 24.3 Å². The Morgan fingerprint density at radius 1 is 0.864 bits per heavy atom. The van der Waals surface area contributed by atoms with Crippen molar-refractivity contribution in [1.82, 2.24) is 0 Å². The van der Waals surface area contributed by atoms with Gasteiger partial charge in [-0.1, -0.05) is 0 Å². The van der Waals surface area contributed by atoms with Crippen LogP contribution < -0.4 is 0 Å². The average Bonchev–Trinajstić information content (AvgIpc) is 3.13. The van der Waals surface area contributed by atoms with E-state index in [-0.39, 0.29) is 47.1 Å². The van der Waals surface area contributed by atoms with E-state index in [0.29, 0.717) is 0 Å². The van der Waals surface area contributed by atoms with Crippen LogP contribution in [0, 0.1) is 18.2 Å². The van der Waals surface area contributed by atoms with Crippen molar-refractivity contribution in [2.24, 2.45) is 0 Å². The molecular weight excluding hydrogens is 390 g/mol. The Morgan fingerprint density at radius 2 is 1.32 bits per heavy atom. The van der Waals surface area contributed by atoms with Crippen LogP contribution in [0.2, 0.25) is 0 Å². The Kier molecular flexibility index (Phi) is 24.9. The summed E-state index contributed by atoms with van der Waals surface area (Å²) in [6.45, 7) is 4.17. The van der Waals surface area contributed by atoms with E-state index in [9.17, 15) is 0 Å². The summed E-state index contributed by atoms with van der Waals surface area (Å²) in [6, 6.07) is 0. The van der Waals surface area contributed by atoms with Gasteiger partial charge in [0.2, 0.25) is 0 Å². The molecule has 0 spiro atoms. The van der Waals surface area contributed by atoms with Crippen molar-refractivity contribution in [2.75, 3.05) is 0 Å². The van der Waals surface area contributed by atoms with Gasteiger partial charge in [0.25, 0.3) is 0 Å². The monoisotopic (exact) mass is 413 g/mol. The van der Waals surface area contributed by atoms with Crippen LogP contribution in [0.1, 0.15) is 33.1 Å². The third-order valence-electron chi connectivity index (χ3n) is 2.33. The Labute approximate surface area is 159 Å². The van der Waals surface area contributed by atoms with Crippen LogP contribution in [0.3, 0.4) is 0 Å². The van der Waals surface area contributed by atoms with Crippen LogP contribution in [-0.4, -0.2) is 8.42 Å². The fraction of sp³-hybridized carbons (Fsp3) is 0.263. The van der Waals surface area contributed by atoms with E-state index in [0.717, 1.165) is 19.3 Å². The molecule has 3 aliphatic carbocycles. The minimum absolute atomic E-state index is 0. The number of hydrogen-bond donors (Lipinski definition) is 0. The Bertz CT molecular complexity index is 428. The molecule has 0 saturated carbocycles. The predicted octanol–water partition coefficient (Wildman–Crippen LogP) is 5.47. The minimum atomic E-state index is -0.270. The summed E-state index contributed by atoms with van der Waals surface area (Å²) in [7, 11) is 0. The van der Waals surface area contributed by atoms with E-state index >= 15 is 0 Å². The SMILES string of the molecule is CC1=CC[C-]=C1.CC1=CC[C-]=C1.Cl.Cl.[C-]1=CC=CC1.[CH2]=[Zr]=[CH2]. The van der Waals surface area contributed by atoms with Gasteiger partial charge in [-0.25, -0.2) is 35.5 Å². The molecule has 3 aliphatic rings. The third-order valence-corrected chi connectivity index (χ3v) is 2.33. The zero-order chi connectivity index (χ0) is 15.1. The van der Waals surface area contributed by atoms with Gasteiger partial charge in [0.05, 0.1) is 0 Å². The van der Waals surface area contributed by atoms with Gasteiger partial charge in [0, 0.05) is 0 Å². The van der Waals surface area contributed by atoms with Crippen LogP contribution in [0.25, 0.3) is 0 Å². The average molecular weight is 416 g/mol. The van der Waals surface area contributed by atoms with Crippen LogP contribution in [0.15, 0.2) is 53.7 Å². The van der Waals surface area contributed by atoms with Crippen molar-refractivity contribution in [2.45, 2.75) is 33.1 Å². The molecule has 0 unspecified atom stereocenters. The summed E-state index contributed by atoms with van der Waals surface area (Å²) >= 11 is -0.270. The zero-order valence-corrected chi connectivity index (χ0v) is 17.5. The first kappa shape index (κ1) is 26.5. The maximum atomic E-state index is 3.54. The molecule has 122 valence electrons.